The third-order valence-corrected chi connectivity index (χ3v) is 2.93. The smallest absolute Gasteiger partial charge is 0.275 e. The fourth-order valence-electron chi connectivity index (χ4n) is 2.02. The molecular formula is C14H9N3O3. The maximum absolute atomic E-state index is 11.9. The molecular weight excluding hydrogens is 258 g/mol. The number of nitrogens with zero attached hydrogens (tertiary/aromatic N) is 2. The number of nitrogens with one attached hydrogen (secondary N) is 1. The number of carbonyl (C=O) groups is 1. The van der Waals surface area contributed by atoms with Crippen LogP contribution in [-0.2, 0) is 4.79 Å². The van der Waals surface area contributed by atoms with E-state index in [-0.39, 0.29) is 17.3 Å². The number of amides is 1. The van der Waals surface area contributed by atoms with Crippen LogP contribution in [0.1, 0.15) is 5.56 Å². The van der Waals surface area contributed by atoms with E-state index < -0.39 is 4.92 Å². The zero-order valence-electron chi connectivity index (χ0n) is 10.2. The number of rotatable bonds is 2. The fourth-order valence-corrected chi connectivity index (χ4v) is 2.02. The largest absolute Gasteiger partial charge is 0.320 e. The number of para-hydroxylation sites is 1. The lowest BCUT2D eigenvalue weighted by atomic mass is 10.1. The Morgan fingerprint density at radius 2 is 1.90 bits per heavy atom. The van der Waals surface area contributed by atoms with Gasteiger partial charge in [-0.2, -0.15) is 0 Å². The molecule has 2 aromatic rings. The lowest BCUT2D eigenvalue weighted by Gasteiger charge is -1.98. The van der Waals surface area contributed by atoms with Crippen LogP contribution in [0.25, 0.3) is 0 Å². The Morgan fingerprint density at radius 1 is 1.10 bits per heavy atom. The van der Waals surface area contributed by atoms with E-state index in [1.807, 2.05) is 12.1 Å². The van der Waals surface area contributed by atoms with Crippen molar-refractivity contribution in [3.63, 3.8) is 0 Å². The Labute approximate surface area is 113 Å². The molecule has 0 unspecified atom stereocenters. The highest BCUT2D eigenvalue weighted by Gasteiger charge is 2.25. The summed E-state index contributed by atoms with van der Waals surface area (Å²) in [5, 5.41) is 13.4. The molecule has 0 spiro atoms. The first-order chi connectivity index (χ1) is 9.65. The predicted octanol–water partition coefficient (Wildman–Crippen LogP) is 2.67. The van der Waals surface area contributed by atoms with Crippen LogP contribution in [0.3, 0.4) is 0 Å². The van der Waals surface area contributed by atoms with E-state index in [1.54, 1.807) is 18.2 Å². The summed E-state index contributed by atoms with van der Waals surface area (Å²) >= 11 is 0. The molecule has 1 aliphatic rings. The van der Waals surface area contributed by atoms with Gasteiger partial charge in [-0.15, -0.1) is 0 Å². The Morgan fingerprint density at radius 3 is 2.70 bits per heavy atom. The van der Waals surface area contributed by atoms with Gasteiger partial charge < -0.3 is 5.32 Å². The van der Waals surface area contributed by atoms with Gasteiger partial charge in [0.15, 0.2) is 0 Å². The molecule has 0 saturated heterocycles. The molecule has 6 nitrogen and oxygen atoms in total. The molecule has 20 heavy (non-hydrogen) atoms. The molecule has 0 radical (unpaired) electrons. The Balaban J connectivity index is 2.07. The number of hydrogen-bond acceptors (Lipinski definition) is 4. The maximum Gasteiger partial charge on any atom is 0.275 e. The summed E-state index contributed by atoms with van der Waals surface area (Å²) in [6.45, 7) is 0. The molecule has 2 aromatic carbocycles. The van der Waals surface area contributed by atoms with Crippen molar-refractivity contribution in [1.29, 1.82) is 0 Å². The highest BCUT2D eigenvalue weighted by atomic mass is 16.6. The van der Waals surface area contributed by atoms with Gasteiger partial charge in [-0.3, -0.25) is 14.9 Å². The highest BCUT2D eigenvalue weighted by Crippen LogP contribution is 2.26. The van der Waals surface area contributed by atoms with Gasteiger partial charge in [0.25, 0.3) is 11.6 Å². The normalized spacial score (nSPS) is 15.0. The minimum Gasteiger partial charge on any atom is -0.320 e. The van der Waals surface area contributed by atoms with Crippen LogP contribution >= 0.6 is 0 Å². The SMILES string of the molecule is O=C1Nc2ccccc2C1=Nc1cccc([N+](=O)[O-])c1. The number of anilines is 1. The molecule has 0 fully saturated rings. The molecule has 0 aliphatic carbocycles. The third kappa shape index (κ3) is 2.03. The van der Waals surface area contributed by atoms with Crippen LogP contribution in [0.2, 0.25) is 0 Å². The second-order valence-corrected chi connectivity index (χ2v) is 4.24. The van der Waals surface area contributed by atoms with Crippen molar-refractivity contribution in [2.24, 2.45) is 4.99 Å². The lowest BCUT2D eigenvalue weighted by Crippen LogP contribution is -2.13. The second-order valence-electron chi connectivity index (χ2n) is 4.24. The lowest BCUT2D eigenvalue weighted by molar-refractivity contribution is -0.384. The molecule has 1 heterocycles. The van der Waals surface area contributed by atoms with Crippen LogP contribution in [0.4, 0.5) is 17.1 Å². The van der Waals surface area contributed by atoms with Crippen LogP contribution < -0.4 is 5.32 Å². The Kier molecular flexibility index (Phi) is 2.76. The first-order valence-electron chi connectivity index (χ1n) is 5.89. The number of carbonyl (C=O) groups excluding carboxylic acids is 1. The molecule has 1 aliphatic heterocycles. The Bertz CT molecular complexity index is 753. The van der Waals surface area contributed by atoms with Crippen molar-refractivity contribution < 1.29 is 9.72 Å². The Hall–Kier alpha value is -3.02. The summed E-state index contributed by atoms with van der Waals surface area (Å²) in [6, 6.07) is 13.1. The third-order valence-electron chi connectivity index (χ3n) is 2.93. The van der Waals surface area contributed by atoms with E-state index in [0.717, 1.165) is 0 Å². The molecule has 1 amide bonds. The fraction of sp³-hybridized carbons (Fsp3) is 0. The first kappa shape index (κ1) is 12.0. The van der Waals surface area contributed by atoms with E-state index in [1.165, 1.54) is 18.2 Å². The van der Waals surface area contributed by atoms with E-state index in [4.69, 9.17) is 0 Å². The molecule has 1 N–H and O–H groups in total. The number of non-ortho nitro benzene ring substituents is 1. The standard InChI is InChI=1S/C14H9N3O3/c18-14-13(11-6-1-2-7-12(11)16-14)15-9-4-3-5-10(8-9)17(19)20/h1-8H,(H,15,16,18). The van der Waals surface area contributed by atoms with Crippen molar-refractivity contribution in [2.75, 3.05) is 5.32 Å². The maximum atomic E-state index is 11.9. The van der Waals surface area contributed by atoms with Crippen LogP contribution in [0.15, 0.2) is 53.5 Å². The number of fused-ring (bicyclic) bond motifs is 1. The average molecular weight is 267 g/mol. The minimum atomic E-state index is -0.494. The van der Waals surface area contributed by atoms with Crippen molar-refractivity contribution in [3.8, 4) is 0 Å². The van der Waals surface area contributed by atoms with Crippen molar-refractivity contribution in [2.45, 2.75) is 0 Å². The second kappa shape index (κ2) is 4.58. The van der Waals surface area contributed by atoms with Gasteiger partial charge in [0.2, 0.25) is 0 Å². The molecule has 98 valence electrons. The zero-order valence-corrected chi connectivity index (χ0v) is 10.2. The molecule has 0 atom stereocenters. The van der Waals surface area contributed by atoms with Crippen molar-refractivity contribution in [1.82, 2.24) is 0 Å². The van der Waals surface area contributed by atoms with Gasteiger partial charge in [0.05, 0.1) is 16.3 Å². The van der Waals surface area contributed by atoms with E-state index in [2.05, 4.69) is 10.3 Å². The summed E-state index contributed by atoms with van der Waals surface area (Å²) in [5.74, 6) is -0.308. The molecule has 0 bridgehead atoms. The van der Waals surface area contributed by atoms with Crippen LogP contribution in [-0.4, -0.2) is 16.5 Å². The van der Waals surface area contributed by atoms with Gasteiger partial charge in [-0.1, -0.05) is 24.3 Å². The number of nitro groups is 1. The van der Waals surface area contributed by atoms with E-state index in [0.29, 0.717) is 16.9 Å². The predicted molar refractivity (Wildman–Crippen MR) is 74.4 cm³/mol. The van der Waals surface area contributed by atoms with Gasteiger partial charge in [0, 0.05) is 17.7 Å². The highest BCUT2D eigenvalue weighted by molar-refractivity contribution is 6.54. The zero-order chi connectivity index (χ0) is 14.1. The summed E-state index contributed by atoms with van der Waals surface area (Å²) in [4.78, 5) is 26.3. The topological polar surface area (TPSA) is 84.6 Å². The van der Waals surface area contributed by atoms with Crippen molar-refractivity contribution >= 4 is 28.7 Å². The van der Waals surface area contributed by atoms with Crippen LogP contribution in [0, 0.1) is 10.1 Å². The van der Waals surface area contributed by atoms with Gasteiger partial charge in [-0.05, 0) is 12.1 Å². The number of nitro benzene ring substituents is 1. The minimum absolute atomic E-state index is 0.0569. The molecule has 6 heteroatoms. The number of benzene rings is 2. The number of aliphatic imine (C=N–C) groups is 1. The van der Waals surface area contributed by atoms with Gasteiger partial charge in [0.1, 0.15) is 5.71 Å². The quantitative estimate of drug-likeness (QED) is 0.670. The average Bonchev–Trinajstić information content (AvgIpc) is 2.76. The molecule has 0 aromatic heterocycles. The summed E-state index contributed by atoms with van der Waals surface area (Å²) in [7, 11) is 0. The van der Waals surface area contributed by atoms with Crippen LogP contribution in [0.5, 0.6) is 0 Å². The van der Waals surface area contributed by atoms with E-state index >= 15 is 0 Å². The summed E-state index contributed by atoms with van der Waals surface area (Å²) in [6.07, 6.45) is 0. The van der Waals surface area contributed by atoms with Crippen molar-refractivity contribution in [3.05, 3.63) is 64.2 Å². The van der Waals surface area contributed by atoms with E-state index in [9.17, 15) is 14.9 Å². The van der Waals surface area contributed by atoms with Gasteiger partial charge in [-0.25, -0.2) is 4.99 Å². The molecule has 0 saturated carbocycles. The summed E-state index contributed by atoms with van der Waals surface area (Å²) in [5.41, 5.74) is 1.98. The summed E-state index contributed by atoms with van der Waals surface area (Å²) < 4.78 is 0. The van der Waals surface area contributed by atoms with Gasteiger partial charge >= 0.3 is 0 Å². The molecule has 3 rings (SSSR count). The number of hydrogen-bond donors (Lipinski definition) is 1. The monoisotopic (exact) mass is 267 g/mol. The first-order valence-corrected chi connectivity index (χ1v) is 5.89.